The Balaban J connectivity index is 1.13. The van der Waals surface area contributed by atoms with Gasteiger partial charge in [0.15, 0.2) is 0 Å². The average molecular weight is 666 g/mol. The summed E-state index contributed by atoms with van der Waals surface area (Å²) in [4.78, 5) is 48.4. The number of carbonyl (C=O) groups is 3. The summed E-state index contributed by atoms with van der Waals surface area (Å²) >= 11 is 0. The van der Waals surface area contributed by atoms with Crippen LogP contribution in [0.4, 0.5) is 9.59 Å². The Morgan fingerprint density at radius 3 is 2.14 bits per heavy atom. The number of fused-ring (bicyclic) bond motifs is 1. The third-order valence-corrected chi connectivity index (χ3v) is 8.94. The molecule has 6 rings (SSSR count). The first-order valence-corrected chi connectivity index (χ1v) is 17.2. The zero-order chi connectivity index (χ0) is 34.9. The lowest BCUT2D eigenvalue weighted by Gasteiger charge is -2.27. The molecule has 0 radical (unpaired) electrons. The molecule has 3 aromatic carbocycles. The second-order valence-corrected chi connectivity index (χ2v) is 15.1. The number of imidazole rings is 1. The predicted octanol–water partition coefficient (Wildman–Crippen LogP) is 8.14. The summed E-state index contributed by atoms with van der Waals surface area (Å²) in [5.41, 5.74) is 3.28. The number of hydrogen-bond donors (Lipinski definition) is 3. The molecule has 4 aromatic rings. The summed E-state index contributed by atoms with van der Waals surface area (Å²) in [7, 11) is 0. The molecular formula is C39H47N5O5. The molecule has 1 aromatic heterocycles. The van der Waals surface area contributed by atoms with Crippen molar-refractivity contribution in [3.63, 3.8) is 0 Å². The largest absolute Gasteiger partial charge is 0.444 e. The van der Waals surface area contributed by atoms with Gasteiger partial charge >= 0.3 is 12.2 Å². The van der Waals surface area contributed by atoms with Gasteiger partial charge in [-0.05, 0) is 120 Å². The lowest BCUT2D eigenvalue weighted by molar-refractivity contribution is 0.0218. The van der Waals surface area contributed by atoms with E-state index < -0.39 is 17.3 Å². The number of hydrogen-bond acceptors (Lipinski definition) is 6. The van der Waals surface area contributed by atoms with Gasteiger partial charge in [-0.15, -0.1) is 0 Å². The van der Waals surface area contributed by atoms with Crippen LogP contribution in [-0.4, -0.2) is 62.8 Å². The fourth-order valence-corrected chi connectivity index (χ4v) is 6.69. The molecule has 10 heteroatoms. The van der Waals surface area contributed by atoms with Crippen LogP contribution in [0.2, 0.25) is 0 Å². The van der Waals surface area contributed by atoms with Crippen LogP contribution in [0.15, 0.2) is 66.9 Å². The van der Waals surface area contributed by atoms with Crippen molar-refractivity contribution in [1.29, 1.82) is 0 Å². The van der Waals surface area contributed by atoms with Crippen LogP contribution in [0, 0.1) is 0 Å². The summed E-state index contributed by atoms with van der Waals surface area (Å²) in [6.45, 7) is 11.8. The monoisotopic (exact) mass is 665 g/mol. The number of amides is 3. The Morgan fingerprint density at radius 2 is 1.43 bits per heavy atom. The number of benzene rings is 3. The van der Waals surface area contributed by atoms with Crippen LogP contribution in [0.25, 0.3) is 33.2 Å². The van der Waals surface area contributed by atoms with Gasteiger partial charge in [0, 0.05) is 23.7 Å². The third kappa shape index (κ3) is 8.24. The molecule has 10 nitrogen and oxygen atoms in total. The van der Waals surface area contributed by atoms with Crippen LogP contribution in [0.1, 0.15) is 95.9 Å². The first-order valence-electron chi connectivity index (χ1n) is 17.2. The third-order valence-electron chi connectivity index (χ3n) is 8.94. The van der Waals surface area contributed by atoms with Gasteiger partial charge in [-0.1, -0.05) is 36.4 Å². The maximum absolute atomic E-state index is 13.3. The molecule has 2 fully saturated rings. The van der Waals surface area contributed by atoms with Crippen molar-refractivity contribution < 1.29 is 23.9 Å². The molecule has 3 atom stereocenters. The van der Waals surface area contributed by atoms with E-state index in [0.717, 1.165) is 71.1 Å². The summed E-state index contributed by atoms with van der Waals surface area (Å²) in [6, 6.07) is 19.7. The number of nitrogens with zero attached hydrogens (tertiary/aromatic N) is 2. The van der Waals surface area contributed by atoms with Gasteiger partial charge < -0.3 is 25.1 Å². The predicted molar refractivity (Wildman–Crippen MR) is 190 cm³/mol. The normalized spacial score (nSPS) is 19.6. The Bertz CT molecular complexity index is 1850. The molecule has 0 bridgehead atoms. The molecule has 1 saturated carbocycles. The standard InChI is InChI=1S/C39H47N5O5/c1-38(2,3)48-36(46)43-31-13-8-12-30(31)42-35(45)29-11-7-10-24(22-29)25-15-16-27-21-28(18-17-26(27)20-25)32-23-40-34(41-32)33-14-9-19-44(33)37(47)49-39(4,5)6/h7,10-11,15-18,20-23,30-31,33H,8-9,12-14,19H2,1-6H3,(H,40,41)(H,42,45)(H,43,46)/t30-,31-,33+/m1/s1. The van der Waals surface area contributed by atoms with Crippen LogP contribution in [-0.2, 0) is 9.47 Å². The fourth-order valence-electron chi connectivity index (χ4n) is 6.69. The zero-order valence-electron chi connectivity index (χ0n) is 29.3. The molecule has 2 heterocycles. The van der Waals surface area contributed by atoms with E-state index in [-0.39, 0.29) is 30.1 Å². The SMILES string of the molecule is CC(C)(C)OC(=O)N[C@@H]1CCC[C@H]1NC(=O)c1cccc(-c2ccc3cc(-c4cnc([C@@H]5CCCN5C(=O)OC(C)(C)C)[nH]4)ccc3c2)c1. The van der Waals surface area contributed by atoms with Gasteiger partial charge in [-0.2, -0.15) is 0 Å². The van der Waals surface area contributed by atoms with E-state index in [9.17, 15) is 14.4 Å². The summed E-state index contributed by atoms with van der Waals surface area (Å²) < 4.78 is 11.1. The second-order valence-electron chi connectivity index (χ2n) is 15.1. The maximum Gasteiger partial charge on any atom is 0.410 e. The summed E-state index contributed by atoms with van der Waals surface area (Å²) in [5, 5.41) is 8.22. The van der Waals surface area contributed by atoms with E-state index in [0.29, 0.717) is 12.1 Å². The highest BCUT2D eigenvalue weighted by molar-refractivity contribution is 5.96. The first-order chi connectivity index (χ1) is 23.2. The van der Waals surface area contributed by atoms with Crippen molar-refractivity contribution in [3.05, 3.63) is 78.2 Å². The molecule has 49 heavy (non-hydrogen) atoms. The van der Waals surface area contributed by atoms with Crippen molar-refractivity contribution >= 4 is 28.9 Å². The molecule has 3 amide bonds. The quantitative estimate of drug-likeness (QED) is 0.191. The minimum atomic E-state index is -0.583. The molecular weight excluding hydrogens is 618 g/mol. The maximum atomic E-state index is 13.3. The Hall–Kier alpha value is -4.86. The number of rotatable bonds is 6. The Labute approximate surface area is 288 Å². The van der Waals surface area contributed by atoms with Gasteiger partial charge in [0.1, 0.15) is 17.0 Å². The minimum Gasteiger partial charge on any atom is -0.444 e. The molecule has 0 unspecified atom stereocenters. The van der Waals surface area contributed by atoms with Crippen LogP contribution >= 0.6 is 0 Å². The van der Waals surface area contributed by atoms with Gasteiger partial charge in [0.05, 0.1) is 24.0 Å². The number of aromatic nitrogens is 2. The molecule has 3 N–H and O–H groups in total. The lowest BCUT2D eigenvalue weighted by Crippen LogP contribution is -2.49. The van der Waals surface area contributed by atoms with E-state index in [1.807, 2.05) is 72.0 Å². The fraction of sp³-hybridized carbons (Fsp3) is 0.436. The molecule has 2 aliphatic rings. The van der Waals surface area contributed by atoms with Gasteiger partial charge in [0.25, 0.3) is 5.91 Å². The molecule has 258 valence electrons. The molecule has 1 saturated heterocycles. The van der Waals surface area contributed by atoms with Gasteiger partial charge in [-0.25, -0.2) is 14.6 Å². The zero-order valence-corrected chi connectivity index (χ0v) is 29.3. The summed E-state index contributed by atoms with van der Waals surface area (Å²) in [5.74, 6) is 0.599. The number of alkyl carbamates (subject to hydrolysis) is 1. The minimum absolute atomic E-state index is 0.141. The number of H-pyrrole nitrogens is 1. The molecule has 1 aliphatic heterocycles. The Morgan fingerprint density at radius 1 is 0.776 bits per heavy atom. The van der Waals surface area contributed by atoms with Gasteiger partial charge in [-0.3, -0.25) is 9.69 Å². The number of nitrogens with one attached hydrogen (secondary N) is 3. The smallest absolute Gasteiger partial charge is 0.410 e. The lowest BCUT2D eigenvalue weighted by atomic mass is 9.98. The Kier molecular flexibility index (Phi) is 9.42. The number of likely N-dealkylation sites (tertiary alicyclic amines) is 1. The van der Waals surface area contributed by atoms with E-state index in [1.165, 1.54) is 0 Å². The van der Waals surface area contributed by atoms with Crippen molar-refractivity contribution in [3.8, 4) is 22.4 Å². The topological polar surface area (TPSA) is 126 Å². The number of aromatic amines is 1. The summed E-state index contributed by atoms with van der Waals surface area (Å²) in [6.07, 6.45) is 5.29. The van der Waals surface area contributed by atoms with Crippen LogP contribution < -0.4 is 10.6 Å². The average Bonchev–Trinajstić information content (AvgIpc) is 3.80. The van der Waals surface area contributed by atoms with E-state index in [4.69, 9.17) is 9.47 Å². The van der Waals surface area contributed by atoms with Crippen molar-refractivity contribution in [2.24, 2.45) is 0 Å². The molecule has 1 aliphatic carbocycles. The van der Waals surface area contributed by atoms with E-state index >= 15 is 0 Å². The van der Waals surface area contributed by atoms with Crippen molar-refractivity contribution in [2.75, 3.05) is 6.54 Å². The highest BCUT2D eigenvalue weighted by Crippen LogP contribution is 2.34. The van der Waals surface area contributed by atoms with E-state index in [2.05, 4.69) is 57.0 Å². The van der Waals surface area contributed by atoms with E-state index in [1.54, 1.807) is 4.90 Å². The van der Waals surface area contributed by atoms with Crippen molar-refractivity contribution in [2.45, 2.75) is 103 Å². The van der Waals surface area contributed by atoms with Gasteiger partial charge in [0.2, 0.25) is 0 Å². The van der Waals surface area contributed by atoms with Crippen LogP contribution in [0.5, 0.6) is 0 Å². The molecule has 0 spiro atoms. The highest BCUT2D eigenvalue weighted by atomic mass is 16.6. The van der Waals surface area contributed by atoms with Crippen molar-refractivity contribution in [1.82, 2.24) is 25.5 Å². The van der Waals surface area contributed by atoms with Crippen LogP contribution in [0.3, 0.4) is 0 Å². The highest BCUT2D eigenvalue weighted by Gasteiger charge is 2.35. The second kappa shape index (κ2) is 13.6. The number of ether oxygens (including phenoxy) is 2. The number of carbonyl (C=O) groups excluding carboxylic acids is 3. The first kappa shape index (κ1) is 34.0.